The highest BCUT2D eigenvalue weighted by Crippen LogP contribution is 2.25. The number of carbonyl (C=O) groups excluding carboxylic acids is 1. The molecule has 4 rings (SSSR count). The largest absolute Gasteiger partial charge is 0.494 e. The highest BCUT2D eigenvalue weighted by Gasteiger charge is 2.13. The summed E-state index contributed by atoms with van der Waals surface area (Å²) in [5.74, 6) is 0.865. The molecule has 1 heterocycles. The summed E-state index contributed by atoms with van der Waals surface area (Å²) in [4.78, 5) is 17.1. The first kappa shape index (κ1) is 22.6. The van der Waals surface area contributed by atoms with Crippen molar-refractivity contribution < 1.29 is 9.53 Å². The molecule has 1 aromatic heterocycles. The maximum absolute atomic E-state index is 12.4. The smallest absolute Gasteiger partial charge is 0.250 e. The lowest BCUT2D eigenvalue weighted by molar-refractivity contribution is -0.118. The van der Waals surface area contributed by atoms with Crippen LogP contribution in [0.25, 0.3) is 11.0 Å². The molecule has 3 aromatic carbocycles. The second-order valence-electron chi connectivity index (χ2n) is 7.45. The van der Waals surface area contributed by atoms with Gasteiger partial charge in [0.25, 0.3) is 5.91 Å². The van der Waals surface area contributed by atoms with Crippen LogP contribution in [0.15, 0.2) is 89.1 Å². The van der Waals surface area contributed by atoms with Gasteiger partial charge >= 0.3 is 0 Å². The van der Waals surface area contributed by atoms with Gasteiger partial charge in [0.2, 0.25) is 0 Å². The maximum atomic E-state index is 12.4. The van der Waals surface area contributed by atoms with Crippen molar-refractivity contribution in [3.8, 4) is 5.75 Å². The van der Waals surface area contributed by atoms with Gasteiger partial charge in [0.05, 0.1) is 36.2 Å². The summed E-state index contributed by atoms with van der Waals surface area (Å²) in [6.45, 7) is 3.46. The Labute approximate surface area is 197 Å². The lowest BCUT2D eigenvalue weighted by atomic mass is 10.2. The standard InChI is InChI=1S/C26H26N4O2S/c1-2-16-32-22-14-12-20(13-15-22)17-27-29-25(31)19-33-26-28-23-10-6-7-11-24(23)30(26)18-21-8-4-3-5-9-21/h3-15,17H,2,16,18-19H2,1H3,(H,29,31). The number of hydrazone groups is 1. The fraction of sp³-hybridized carbons (Fsp3) is 0.192. The van der Waals surface area contributed by atoms with Crippen LogP contribution >= 0.6 is 11.8 Å². The van der Waals surface area contributed by atoms with Crippen LogP contribution in [0.1, 0.15) is 24.5 Å². The second kappa shape index (κ2) is 11.3. The maximum Gasteiger partial charge on any atom is 0.250 e. The molecule has 0 radical (unpaired) electrons. The molecule has 0 bridgehead atoms. The molecule has 7 heteroatoms. The average Bonchev–Trinajstić information content (AvgIpc) is 3.20. The van der Waals surface area contributed by atoms with E-state index >= 15 is 0 Å². The van der Waals surface area contributed by atoms with Gasteiger partial charge in [0.1, 0.15) is 5.75 Å². The van der Waals surface area contributed by atoms with Crippen molar-refractivity contribution in [1.82, 2.24) is 15.0 Å². The molecule has 1 amide bonds. The summed E-state index contributed by atoms with van der Waals surface area (Å²) in [5, 5.41) is 4.88. The number of nitrogens with one attached hydrogen (secondary N) is 1. The predicted molar refractivity (Wildman–Crippen MR) is 134 cm³/mol. The molecule has 0 saturated heterocycles. The Hall–Kier alpha value is -3.58. The van der Waals surface area contributed by atoms with E-state index < -0.39 is 0 Å². The zero-order chi connectivity index (χ0) is 22.9. The number of ether oxygens (including phenoxy) is 1. The van der Waals surface area contributed by atoms with Crippen molar-refractivity contribution in [3.05, 3.63) is 90.0 Å². The molecule has 0 spiro atoms. The highest BCUT2D eigenvalue weighted by atomic mass is 32.2. The Morgan fingerprint density at radius 3 is 2.61 bits per heavy atom. The SMILES string of the molecule is CCCOc1ccc(C=NNC(=O)CSc2nc3ccccc3n2Cc2ccccc2)cc1. The number of carbonyl (C=O) groups is 1. The molecule has 4 aromatic rings. The van der Waals surface area contributed by atoms with E-state index in [0.29, 0.717) is 13.2 Å². The number of amides is 1. The van der Waals surface area contributed by atoms with E-state index in [0.717, 1.165) is 33.9 Å². The van der Waals surface area contributed by atoms with Crippen LogP contribution in [-0.2, 0) is 11.3 Å². The molecule has 0 fully saturated rings. The van der Waals surface area contributed by atoms with E-state index in [1.54, 1.807) is 6.21 Å². The minimum atomic E-state index is -0.183. The van der Waals surface area contributed by atoms with Crippen molar-refractivity contribution in [2.24, 2.45) is 5.10 Å². The number of para-hydroxylation sites is 2. The topological polar surface area (TPSA) is 68.5 Å². The van der Waals surface area contributed by atoms with Crippen LogP contribution in [0, 0.1) is 0 Å². The molecule has 0 atom stereocenters. The van der Waals surface area contributed by atoms with Gasteiger partial charge in [-0.1, -0.05) is 61.2 Å². The monoisotopic (exact) mass is 458 g/mol. The molecule has 0 aliphatic carbocycles. The molecular formula is C26H26N4O2S. The summed E-state index contributed by atoms with van der Waals surface area (Å²) in [6.07, 6.45) is 2.59. The number of fused-ring (bicyclic) bond motifs is 1. The van der Waals surface area contributed by atoms with E-state index in [-0.39, 0.29) is 11.7 Å². The third-order valence-electron chi connectivity index (χ3n) is 4.89. The van der Waals surface area contributed by atoms with Crippen molar-refractivity contribution in [2.45, 2.75) is 25.0 Å². The van der Waals surface area contributed by atoms with Crippen LogP contribution in [-0.4, -0.2) is 34.0 Å². The number of hydrogen-bond acceptors (Lipinski definition) is 5. The van der Waals surface area contributed by atoms with E-state index in [9.17, 15) is 4.79 Å². The van der Waals surface area contributed by atoms with Crippen molar-refractivity contribution >= 4 is 34.9 Å². The third-order valence-corrected chi connectivity index (χ3v) is 5.87. The summed E-state index contributed by atoms with van der Waals surface area (Å²) < 4.78 is 7.72. The quantitative estimate of drug-likeness (QED) is 0.204. The van der Waals surface area contributed by atoms with Crippen molar-refractivity contribution in [2.75, 3.05) is 12.4 Å². The summed E-state index contributed by atoms with van der Waals surface area (Å²) >= 11 is 1.41. The van der Waals surface area contributed by atoms with Crippen LogP contribution < -0.4 is 10.2 Å². The molecule has 0 saturated carbocycles. The van der Waals surface area contributed by atoms with Gasteiger partial charge in [-0.15, -0.1) is 0 Å². The highest BCUT2D eigenvalue weighted by molar-refractivity contribution is 7.99. The zero-order valence-electron chi connectivity index (χ0n) is 18.5. The van der Waals surface area contributed by atoms with Gasteiger partial charge in [-0.2, -0.15) is 5.10 Å². The number of nitrogens with zero attached hydrogens (tertiary/aromatic N) is 3. The Morgan fingerprint density at radius 2 is 1.82 bits per heavy atom. The molecule has 0 aliphatic heterocycles. The summed E-state index contributed by atoms with van der Waals surface area (Å²) in [6, 6.07) is 25.9. The molecule has 33 heavy (non-hydrogen) atoms. The van der Waals surface area contributed by atoms with Gasteiger partial charge in [0, 0.05) is 0 Å². The summed E-state index contributed by atoms with van der Waals surface area (Å²) in [5.41, 5.74) is 6.63. The second-order valence-corrected chi connectivity index (χ2v) is 8.40. The van der Waals surface area contributed by atoms with Crippen LogP contribution in [0.4, 0.5) is 0 Å². The minimum Gasteiger partial charge on any atom is -0.494 e. The minimum absolute atomic E-state index is 0.183. The van der Waals surface area contributed by atoms with E-state index in [2.05, 4.69) is 40.2 Å². The number of aromatic nitrogens is 2. The Kier molecular flexibility index (Phi) is 7.76. The lowest BCUT2D eigenvalue weighted by Crippen LogP contribution is -2.20. The van der Waals surface area contributed by atoms with Crippen LogP contribution in [0.5, 0.6) is 5.75 Å². The third kappa shape index (κ3) is 6.23. The Balaban J connectivity index is 1.36. The molecule has 0 aliphatic rings. The molecule has 168 valence electrons. The van der Waals surface area contributed by atoms with Gasteiger partial charge in [-0.25, -0.2) is 10.4 Å². The first-order chi connectivity index (χ1) is 16.2. The predicted octanol–water partition coefficient (Wildman–Crippen LogP) is 5.12. The fourth-order valence-electron chi connectivity index (χ4n) is 3.29. The first-order valence-electron chi connectivity index (χ1n) is 10.9. The van der Waals surface area contributed by atoms with E-state index in [1.807, 2.05) is 60.7 Å². The number of hydrogen-bond donors (Lipinski definition) is 1. The summed E-state index contributed by atoms with van der Waals surface area (Å²) in [7, 11) is 0. The number of thioether (sulfide) groups is 1. The molecule has 1 N–H and O–H groups in total. The first-order valence-corrected chi connectivity index (χ1v) is 11.9. The molecule has 6 nitrogen and oxygen atoms in total. The van der Waals surface area contributed by atoms with Gasteiger partial charge < -0.3 is 9.30 Å². The van der Waals surface area contributed by atoms with Crippen LogP contribution in [0.3, 0.4) is 0 Å². The lowest BCUT2D eigenvalue weighted by Gasteiger charge is -2.09. The van der Waals surface area contributed by atoms with Crippen molar-refractivity contribution in [1.29, 1.82) is 0 Å². The zero-order valence-corrected chi connectivity index (χ0v) is 19.3. The normalized spacial score (nSPS) is 11.2. The Bertz CT molecular complexity index is 1220. The Morgan fingerprint density at radius 1 is 1.06 bits per heavy atom. The molecule has 0 unspecified atom stereocenters. The number of benzene rings is 3. The van der Waals surface area contributed by atoms with Gasteiger partial charge in [0.15, 0.2) is 5.16 Å². The van der Waals surface area contributed by atoms with E-state index in [1.165, 1.54) is 17.3 Å². The van der Waals surface area contributed by atoms with Crippen molar-refractivity contribution in [3.63, 3.8) is 0 Å². The van der Waals surface area contributed by atoms with Gasteiger partial charge in [-0.3, -0.25) is 4.79 Å². The number of imidazole rings is 1. The van der Waals surface area contributed by atoms with E-state index in [4.69, 9.17) is 9.72 Å². The average molecular weight is 459 g/mol. The fourth-order valence-corrected chi connectivity index (χ4v) is 4.10. The van der Waals surface area contributed by atoms with Crippen LogP contribution in [0.2, 0.25) is 0 Å². The molecular weight excluding hydrogens is 432 g/mol. The number of rotatable bonds is 10. The van der Waals surface area contributed by atoms with Gasteiger partial charge in [-0.05, 0) is 53.9 Å².